The van der Waals surface area contributed by atoms with E-state index >= 15 is 0 Å². The zero-order chi connectivity index (χ0) is 17.4. The Bertz CT molecular complexity index is 577. The number of carbonyl (C=O) groups is 3. The lowest BCUT2D eigenvalue weighted by Gasteiger charge is -2.19. The molecular formula is C16H22N2O4S. The van der Waals surface area contributed by atoms with Crippen molar-refractivity contribution in [2.24, 2.45) is 0 Å². The molecule has 0 bridgehead atoms. The van der Waals surface area contributed by atoms with Crippen LogP contribution in [0.15, 0.2) is 24.3 Å². The van der Waals surface area contributed by atoms with E-state index in [1.165, 1.54) is 6.92 Å². The number of aryl methyl sites for hydroxylation is 1. The smallest absolute Gasteiger partial charge is 0.325 e. The predicted octanol–water partition coefficient (Wildman–Crippen LogP) is 1.44. The van der Waals surface area contributed by atoms with E-state index in [2.05, 4.69) is 10.6 Å². The first-order valence-electron chi connectivity index (χ1n) is 7.24. The molecule has 0 saturated heterocycles. The number of amides is 2. The summed E-state index contributed by atoms with van der Waals surface area (Å²) in [5.41, 5.74) is 1.42. The highest BCUT2D eigenvalue weighted by Gasteiger charge is 2.24. The Kier molecular flexibility index (Phi) is 7.61. The topological polar surface area (TPSA) is 95.5 Å². The Hall–Kier alpha value is -2.02. The molecule has 23 heavy (non-hydrogen) atoms. The monoisotopic (exact) mass is 338 g/mol. The maximum absolute atomic E-state index is 12.3. The molecule has 0 saturated carbocycles. The summed E-state index contributed by atoms with van der Waals surface area (Å²) >= 11 is 1.55. The largest absolute Gasteiger partial charge is 0.480 e. The van der Waals surface area contributed by atoms with Gasteiger partial charge in [0.25, 0.3) is 5.91 Å². The molecule has 0 aliphatic carbocycles. The lowest BCUT2D eigenvalue weighted by molar-refractivity contribution is -0.141. The Balaban J connectivity index is 2.79. The molecule has 6 nitrogen and oxygen atoms in total. The molecule has 0 heterocycles. The van der Waals surface area contributed by atoms with Gasteiger partial charge in [0.1, 0.15) is 12.1 Å². The van der Waals surface area contributed by atoms with Gasteiger partial charge < -0.3 is 15.7 Å². The number of hydrogen-bond acceptors (Lipinski definition) is 4. The van der Waals surface area contributed by atoms with Gasteiger partial charge in [-0.05, 0) is 44.4 Å². The van der Waals surface area contributed by atoms with Gasteiger partial charge in [0.05, 0.1) is 0 Å². The van der Waals surface area contributed by atoms with Crippen LogP contribution in [0.25, 0.3) is 0 Å². The molecule has 1 aromatic carbocycles. The van der Waals surface area contributed by atoms with E-state index in [1.807, 2.05) is 19.2 Å². The Labute approximate surface area is 140 Å². The fraction of sp³-hybridized carbons (Fsp3) is 0.438. The number of carboxylic acid groups (broad SMARTS) is 1. The molecule has 7 heteroatoms. The minimum absolute atomic E-state index is 0.349. The van der Waals surface area contributed by atoms with Gasteiger partial charge in [0.15, 0.2) is 0 Å². The quantitative estimate of drug-likeness (QED) is 0.666. The van der Waals surface area contributed by atoms with Crippen molar-refractivity contribution in [3.8, 4) is 0 Å². The molecule has 0 spiro atoms. The van der Waals surface area contributed by atoms with Gasteiger partial charge >= 0.3 is 5.97 Å². The fourth-order valence-corrected chi connectivity index (χ4v) is 2.38. The average Bonchev–Trinajstić information content (AvgIpc) is 2.50. The highest BCUT2D eigenvalue weighted by molar-refractivity contribution is 7.98. The second kappa shape index (κ2) is 9.19. The number of carboxylic acids is 1. The third kappa shape index (κ3) is 6.32. The van der Waals surface area contributed by atoms with Crippen LogP contribution in [0.3, 0.4) is 0 Å². The SMILES string of the molecule is CSCCC(NC(=O)c1cccc(C)c1)C(=O)NC(C)C(=O)O. The third-order valence-electron chi connectivity index (χ3n) is 3.24. The van der Waals surface area contributed by atoms with Crippen LogP contribution in [0.5, 0.6) is 0 Å². The molecule has 3 N–H and O–H groups in total. The Morgan fingerprint density at radius 1 is 1.26 bits per heavy atom. The highest BCUT2D eigenvalue weighted by Crippen LogP contribution is 2.07. The molecule has 2 unspecified atom stereocenters. The first kappa shape index (κ1) is 19.0. The van der Waals surface area contributed by atoms with E-state index < -0.39 is 24.0 Å². The zero-order valence-corrected chi connectivity index (χ0v) is 14.3. The van der Waals surface area contributed by atoms with E-state index in [0.717, 1.165) is 5.56 Å². The van der Waals surface area contributed by atoms with Crippen molar-refractivity contribution in [1.82, 2.24) is 10.6 Å². The maximum atomic E-state index is 12.3. The lowest BCUT2D eigenvalue weighted by Crippen LogP contribution is -2.51. The van der Waals surface area contributed by atoms with Gasteiger partial charge in [-0.15, -0.1) is 0 Å². The summed E-state index contributed by atoms with van der Waals surface area (Å²) in [4.78, 5) is 35.3. The highest BCUT2D eigenvalue weighted by atomic mass is 32.2. The van der Waals surface area contributed by atoms with Gasteiger partial charge in [-0.3, -0.25) is 14.4 Å². The van der Waals surface area contributed by atoms with Crippen LogP contribution in [0.1, 0.15) is 29.3 Å². The van der Waals surface area contributed by atoms with Gasteiger partial charge in [0.2, 0.25) is 5.91 Å². The minimum Gasteiger partial charge on any atom is -0.480 e. The van der Waals surface area contributed by atoms with E-state index in [4.69, 9.17) is 5.11 Å². The number of rotatable bonds is 8. The number of thioether (sulfide) groups is 1. The van der Waals surface area contributed by atoms with Gasteiger partial charge in [-0.1, -0.05) is 17.7 Å². The van der Waals surface area contributed by atoms with Gasteiger partial charge in [-0.2, -0.15) is 11.8 Å². The maximum Gasteiger partial charge on any atom is 0.325 e. The van der Waals surface area contributed by atoms with Crippen LogP contribution in [-0.2, 0) is 9.59 Å². The van der Waals surface area contributed by atoms with Crippen molar-refractivity contribution in [2.45, 2.75) is 32.4 Å². The summed E-state index contributed by atoms with van der Waals surface area (Å²) < 4.78 is 0. The van der Waals surface area contributed by atoms with E-state index in [0.29, 0.717) is 17.7 Å². The predicted molar refractivity (Wildman–Crippen MR) is 90.7 cm³/mol. The van der Waals surface area contributed by atoms with Gasteiger partial charge in [-0.25, -0.2) is 0 Å². The molecule has 126 valence electrons. The van der Waals surface area contributed by atoms with Crippen LogP contribution in [0.4, 0.5) is 0 Å². The summed E-state index contributed by atoms with van der Waals surface area (Å²) in [5, 5.41) is 13.9. The van der Waals surface area contributed by atoms with Crippen molar-refractivity contribution in [3.63, 3.8) is 0 Å². The first-order chi connectivity index (χ1) is 10.8. The molecule has 1 aromatic rings. The number of aliphatic carboxylic acids is 1. The molecule has 0 fully saturated rings. The molecule has 0 aliphatic heterocycles. The van der Waals surface area contributed by atoms with Crippen LogP contribution < -0.4 is 10.6 Å². The van der Waals surface area contributed by atoms with Crippen molar-refractivity contribution in [2.75, 3.05) is 12.0 Å². The lowest BCUT2D eigenvalue weighted by atomic mass is 10.1. The Morgan fingerprint density at radius 2 is 1.96 bits per heavy atom. The van der Waals surface area contributed by atoms with Crippen molar-refractivity contribution in [3.05, 3.63) is 35.4 Å². The minimum atomic E-state index is -1.12. The zero-order valence-electron chi connectivity index (χ0n) is 13.5. The van der Waals surface area contributed by atoms with E-state index in [9.17, 15) is 14.4 Å². The molecule has 0 aliphatic rings. The fourth-order valence-electron chi connectivity index (χ4n) is 1.91. The van der Waals surface area contributed by atoms with Crippen LogP contribution >= 0.6 is 11.8 Å². The summed E-state index contributed by atoms with van der Waals surface area (Å²) in [5.74, 6) is -1.28. The van der Waals surface area contributed by atoms with Crippen LogP contribution in [-0.4, -0.2) is 47.0 Å². The Morgan fingerprint density at radius 3 is 2.52 bits per heavy atom. The number of hydrogen-bond donors (Lipinski definition) is 3. The molecule has 1 rings (SSSR count). The summed E-state index contributed by atoms with van der Waals surface area (Å²) in [6, 6.07) is 5.29. The number of benzene rings is 1. The average molecular weight is 338 g/mol. The molecule has 2 atom stereocenters. The van der Waals surface area contributed by atoms with E-state index in [1.54, 1.807) is 30.0 Å². The third-order valence-corrected chi connectivity index (χ3v) is 3.89. The molecule has 2 amide bonds. The first-order valence-corrected chi connectivity index (χ1v) is 8.64. The van der Waals surface area contributed by atoms with Crippen LogP contribution in [0, 0.1) is 6.92 Å². The second-order valence-electron chi connectivity index (χ2n) is 5.25. The standard InChI is InChI=1S/C16H22N2O4S/c1-10-5-4-6-12(9-10)14(19)18-13(7-8-23-3)15(20)17-11(2)16(21)22/h4-6,9,11,13H,7-8H2,1-3H3,(H,17,20)(H,18,19)(H,21,22). The molecule has 0 radical (unpaired) electrons. The van der Waals surface area contributed by atoms with Crippen molar-refractivity contribution >= 4 is 29.5 Å². The number of carbonyl (C=O) groups excluding carboxylic acids is 2. The van der Waals surface area contributed by atoms with Crippen LogP contribution in [0.2, 0.25) is 0 Å². The molecular weight excluding hydrogens is 316 g/mol. The van der Waals surface area contributed by atoms with Crippen molar-refractivity contribution < 1.29 is 19.5 Å². The summed E-state index contributed by atoms with van der Waals surface area (Å²) in [6.07, 6.45) is 2.33. The summed E-state index contributed by atoms with van der Waals surface area (Å²) in [7, 11) is 0. The normalized spacial score (nSPS) is 13.0. The second-order valence-corrected chi connectivity index (χ2v) is 6.23. The summed E-state index contributed by atoms with van der Waals surface area (Å²) in [6.45, 7) is 3.26. The van der Waals surface area contributed by atoms with Crippen molar-refractivity contribution in [1.29, 1.82) is 0 Å². The molecule has 0 aromatic heterocycles. The van der Waals surface area contributed by atoms with Gasteiger partial charge in [0, 0.05) is 5.56 Å². The number of nitrogens with one attached hydrogen (secondary N) is 2. The van der Waals surface area contributed by atoms with E-state index in [-0.39, 0.29) is 5.91 Å².